The van der Waals surface area contributed by atoms with Crippen LogP contribution in [0.5, 0.6) is 0 Å². The predicted molar refractivity (Wildman–Crippen MR) is 77.0 cm³/mol. The zero-order chi connectivity index (χ0) is 13.4. The smallest absolute Gasteiger partial charge is 0.228 e. The molecule has 0 aliphatic carbocycles. The average Bonchev–Trinajstić information content (AvgIpc) is 2.39. The Bertz CT molecular complexity index is 250. The number of rotatable bonds is 7. The molecule has 0 saturated carbocycles. The Labute approximate surface area is 115 Å². The van der Waals surface area contributed by atoms with Crippen LogP contribution >= 0.6 is 11.8 Å². The number of hydrogen-bond acceptors (Lipinski definition) is 4. The molecular formula is C13H26N2O2S. The van der Waals surface area contributed by atoms with Crippen molar-refractivity contribution in [1.29, 1.82) is 0 Å². The Morgan fingerprint density at radius 3 is 2.67 bits per heavy atom. The van der Waals surface area contributed by atoms with Gasteiger partial charge in [-0.3, -0.25) is 4.79 Å². The zero-order valence-corrected chi connectivity index (χ0v) is 12.6. The molecule has 1 atom stereocenters. The van der Waals surface area contributed by atoms with Crippen LogP contribution in [0, 0.1) is 5.41 Å². The van der Waals surface area contributed by atoms with Crippen molar-refractivity contribution in [3.05, 3.63) is 0 Å². The number of carbonyl (C=O) groups excluding carboxylic acids is 1. The second kappa shape index (κ2) is 8.02. The van der Waals surface area contributed by atoms with E-state index in [1.807, 2.05) is 0 Å². The van der Waals surface area contributed by atoms with Crippen LogP contribution in [-0.2, 0) is 9.53 Å². The van der Waals surface area contributed by atoms with E-state index in [1.165, 1.54) is 0 Å². The number of nitrogens with one attached hydrogen (secondary N) is 2. The second-order valence-electron chi connectivity index (χ2n) is 5.00. The fourth-order valence-corrected chi connectivity index (χ4v) is 3.14. The largest absolute Gasteiger partial charge is 0.384 e. The van der Waals surface area contributed by atoms with Crippen molar-refractivity contribution in [1.82, 2.24) is 10.6 Å². The number of thioether (sulfide) groups is 1. The van der Waals surface area contributed by atoms with Crippen LogP contribution in [0.4, 0.5) is 0 Å². The fourth-order valence-electron chi connectivity index (χ4n) is 2.42. The summed E-state index contributed by atoms with van der Waals surface area (Å²) >= 11 is 1.78. The molecule has 0 radical (unpaired) electrons. The molecular weight excluding hydrogens is 248 g/mol. The molecule has 4 nitrogen and oxygen atoms in total. The van der Waals surface area contributed by atoms with Crippen LogP contribution in [0.2, 0.25) is 0 Å². The summed E-state index contributed by atoms with van der Waals surface area (Å²) in [6, 6.07) is 0.274. The highest BCUT2D eigenvalue weighted by Gasteiger charge is 2.40. The summed E-state index contributed by atoms with van der Waals surface area (Å²) in [7, 11) is 1.68. The highest BCUT2D eigenvalue weighted by Crippen LogP contribution is 2.29. The van der Waals surface area contributed by atoms with Crippen molar-refractivity contribution in [3.8, 4) is 0 Å². The third kappa shape index (κ3) is 4.14. The van der Waals surface area contributed by atoms with Crippen LogP contribution < -0.4 is 10.6 Å². The van der Waals surface area contributed by atoms with Crippen molar-refractivity contribution in [2.45, 2.75) is 32.2 Å². The van der Waals surface area contributed by atoms with Gasteiger partial charge in [0.1, 0.15) is 0 Å². The lowest BCUT2D eigenvalue weighted by atomic mass is 9.78. The Balaban J connectivity index is 2.63. The topological polar surface area (TPSA) is 50.4 Å². The van der Waals surface area contributed by atoms with Gasteiger partial charge in [-0.15, -0.1) is 0 Å². The van der Waals surface area contributed by atoms with E-state index in [4.69, 9.17) is 4.74 Å². The van der Waals surface area contributed by atoms with Gasteiger partial charge < -0.3 is 15.4 Å². The summed E-state index contributed by atoms with van der Waals surface area (Å²) in [6.07, 6.45) is 4.78. The van der Waals surface area contributed by atoms with Gasteiger partial charge in [0.15, 0.2) is 0 Å². The number of methoxy groups -OCH3 is 1. The Morgan fingerprint density at radius 1 is 1.50 bits per heavy atom. The van der Waals surface area contributed by atoms with Crippen LogP contribution in [0.25, 0.3) is 0 Å². The van der Waals surface area contributed by atoms with Gasteiger partial charge in [0.2, 0.25) is 5.91 Å². The van der Waals surface area contributed by atoms with Gasteiger partial charge >= 0.3 is 0 Å². The molecule has 1 fully saturated rings. The first-order valence-electron chi connectivity index (χ1n) is 6.68. The van der Waals surface area contributed by atoms with E-state index in [0.29, 0.717) is 6.61 Å². The van der Waals surface area contributed by atoms with E-state index in [0.717, 1.165) is 38.1 Å². The minimum Gasteiger partial charge on any atom is -0.384 e. The molecule has 1 amide bonds. The van der Waals surface area contributed by atoms with E-state index >= 15 is 0 Å². The third-order valence-corrected chi connectivity index (χ3v) is 4.39. The molecule has 2 N–H and O–H groups in total. The average molecular weight is 274 g/mol. The van der Waals surface area contributed by atoms with Crippen molar-refractivity contribution in [2.24, 2.45) is 5.41 Å². The maximum Gasteiger partial charge on any atom is 0.228 e. The molecule has 1 rings (SSSR count). The maximum absolute atomic E-state index is 12.5. The Morgan fingerprint density at radius 2 is 2.17 bits per heavy atom. The molecule has 1 heterocycles. The first-order valence-corrected chi connectivity index (χ1v) is 8.07. The van der Waals surface area contributed by atoms with E-state index in [1.54, 1.807) is 18.9 Å². The lowest BCUT2D eigenvalue weighted by Crippen LogP contribution is -2.52. The van der Waals surface area contributed by atoms with Crippen molar-refractivity contribution >= 4 is 17.7 Å². The van der Waals surface area contributed by atoms with E-state index in [-0.39, 0.29) is 17.4 Å². The number of piperidine rings is 1. The number of ether oxygens (including phenoxy) is 1. The van der Waals surface area contributed by atoms with Gasteiger partial charge in [0.25, 0.3) is 0 Å². The molecule has 0 aromatic carbocycles. The Hall–Kier alpha value is -0.260. The summed E-state index contributed by atoms with van der Waals surface area (Å²) in [5.74, 6) is 1.15. The van der Waals surface area contributed by atoms with Crippen LogP contribution in [0.1, 0.15) is 26.2 Å². The van der Waals surface area contributed by atoms with Gasteiger partial charge in [-0.2, -0.15) is 11.8 Å². The molecule has 0 bridgehead atoms. The minimum atomic E-state index is -0.328. The molecule has 106 valence electrons. The van der Waals surface area contributed by atoms with Crippen LogP contribution in [-0.4, -0.2) is 50.8 Å². The summed E-state index contributed by atoms with van der Waals surface area (Å²) in [4.78, 5) is 12.5. The highest BCUT2D eigenvalue weighted by molar-refractivity contribution is 7.98. The highest BCUT2D eigenvalue weighted by atomic mass is 32.2. The SMILES string of the molecule is CCC(CSC)NC(=O)C1(COC)CCNCC1. The second-order valence-corrected chi connectivity index (χ2v) is 5.91. The standard InChI is InChI=1S/C13H26N2O2S/c1-4-11(9-18-3)15-12(16)13(10-17-2)5-7-14-8-6-13/h11,14H,4-10H2,1-3H3,(H,15,16). The van der Waals surface area contributed by atoms with Gasteiger partial charge in [0.05, 0.1) is 12.0 Å². The molecule has 0 spiro atoms. The molecule has 1 aliphatic heterocycles. The summed E-state index contributed by atoms with van der Waals surface area (Å²) in [6.45, 7) is 4.44. The molecule has 1 aliphatic rings. The normalized spacial score (nSPS) is 20.4. The maximum atomic E-state index is 12.5. The minimum absolute atomic E-state index is 0.173. The van der Waals surface area contributed by atoms with E-state index < -0.39 is 0 Å². The zero-order valence-electron chi connectivity index (χ0n) is 11.8. The molecule has 1 unspecified atom stereocenters. The van der Waals surface area contributed by atoms with Gasteiger partial charge in [-0.1, -0.05) is 6.92 Å². The monoisotopic (exact) mass is 274 g/mol. The van der Waals surface area contributed by atoms with Gasteiger partial charge in [-0.25, -0.2) is 0 Å². The van der Waals surface area contributed by atoms with Gasteiger partial charge in [-0.05, 0) is 38.6 Å². The number of amides is 1. The summed E-state index contributed by atoms with van der Waals surface area (Å²) in [5.41, 5.74) is -0.328. The predicted octanol–water partition coefficient (Wildman–Crippen LogP) is 1.26. The van der Waals surface area contributed by atoms with Crippen LogP contribution in [0.3, 0.4) is 0 Å². The first-order chi connectivity index (χ1) is 8.68. The molecule has 0 aromatic heterocycles. The summed E-state index contributed by atoms with van der Waals surface area (Å²) in [5, 5.41) is 6.50. The lowest BCUT2D eigenvalue weighted by Gasteiger charge is -2.36. The van der Waals surface area contributed by atoms with Crippen LogP contribution in [0.15, 0.2) is 0 Å². The quantitative estimate of drug-likeness (QED) is 0.734. The number of carbonyl (C=O) groups is 1. The molecule has 1 saturated heterocycles. The molecule has 0 aromatic rings. The third-order valence-electron chi connectivity index (χ3n) is 3.66. The van der Waals surface area contributed by atoms with Crippen molar-refractivity contribution in [3.63, 3.8) is 0 Å². The van der Waals surface area contributed by atoms with E-state index in [9.17, 15) is 4.79 Å². The molecule has 18 heavy (non-hydrogen) atoms. The van der Waals surface area contributed by atoms with Crippen molar-refractivity contribution < 1.29 is 9.53 Å². The fraction of sp³-hybridized carbons (Fsp3) is 0.923. The van der Waals surface area contributed by atoms with Crippen molar-refractivity contribution in [2.75, 3.05) is 38.8 Å². The lowest BCUT2D eigenvalue weighted by molar-refractivity contribution is -0.136. The number of hydrogen-bond donors (Lipinski definition) is 2. The van der Waals surface area contributed by atoms with Gasteiger partial charge in [0, 0.05) is 18.9 Å². The summed E-state index contributed by atoms with van der Waals surface area (Å²) < 4.78 is 5.29. The van der Waals surface area contributed by atoms with E-state index in [2.05, 4.69) is 23.8 Å². The Kier molecular flexibility index (Phi) is 7.04. The first kappa shape index (κ1) is 15.8. The molecule has 5 heteroatoms.